The van der Waals surface area contributed by atoms with Gasteiger partial charge in [0.2, 0.25) is 5.91 Å². The number of pyridine rings is 1. The number of piperidine rings is 1. The van der Waals surface area contributed by atoms with Gasteiger partial charge in [-0.05, 0) is 85.7 Å². The lowest BCUT2D eigenvalue weighted by Gasteiger charge is -2.36. The van der Waals surface area contributed by atoms with Crippen molar-refractivity contribution in [1.82, 2.24) is 9.88 Å². The predicted molar refractivity (Wildman–Crippen MR) is 130 cm³/mol. The zero-order chi connectivity index (χ0) is 23.3. The number of anilines is 1. The normalized spacial score (nSPS) is 29.5. The Morgan fingerprint density at radius 3 is 2.65 bits per heavy atom. The highest BCUT2D eigenvalue weighted by molar-refractivity contribution is 6.32. The number of nitrogens with one attached hydrogen (secondary N) is 1. The number of amides is 1. The SMILES string of the molecule is O=C(Nc1cc2cc(C3CCN(C4COCC4O)CC3)c(Cl)cc2cn1)C1CC12CCOCC2. The largest absolute Gasteiger partial charge is 0.389 e. The topological polar surface area (TPSA) is 83.9 Å². The molecule has 3 saturated heterocycles. The molecule has 3 atom stereocenters. The molecular formula is C26H32ClN3O4. The Hall–Kier alpha value is -1.77. The summed E-state index contributed by atoms with van der Waals surface area (Å²) in [6.07, 6.45) is 6.31. The highest BCUT2D eigenvalue weighted by Crippen LogP contribution is 2.59. The second-order valence-corrected chi connectivity index (χ2v) is 10.9. The van der Waals surface area contributed by atoms with E-state index in [1.54, 1.807) is 6.20 Å². The molecule has 2 N–H and O–H groups in total. The minimum Gasteiger partial charge on any atom is -0.389 e. The van der Waals surface area contributed by atoms with Crippen molar-refractivity contribution in [2.75, 3.05) is 44.8 Å². The van der Waals surface area contributed by atoms with E-state index in [1.807, 2.05) is 12.1 Å². The number of fused-ring (bicyclic) bond motifs is 1. The van der Waals surface area contributed by atoms with Crippen LogP contribution in [0.5, 0.6) is 0 Å². The number of carbonyl (C=O) groups is 1. The van der Waals surface area contributed by atoms with Crippen LogP contribution in [0, 0.1) is 11.3 Å². The fourth-order valence-corrected chi connectivity index (χ4v) is 6.58. The Bertz CT molecular complexity index is 1080. The van der Waals surface area contributed by atoms with Crippen molar-refractivity contribution in [2.24, 2.45) is 11.3 Å². The third kappa shape index (κ3) is 4.22. The Morgan fingerprint density at radius 2 is 1.91 bits per heavy atom. The molecule has 1 saturated carbocycles. The van der Waals surface area contributed by atoms with Gasteiger partial charge in [0.05, 0.1) is 25.4 Å². The van der Waals surface area contributed by atoms with E-state index in [-0.39, 0.29) is 29.4 Å². The molecule has 1 spiro atoms. The number of aliphatic hydroxyl groups excluding tert-OH is 1. The van der Waals surface area contributed by atoms with Gasteiger partial charge in [0.1, 0.15) is 5.82 Å². The summed E-state index contributed by atoms with van der Waals surface area (Å²) in [4.78, 5) is 19.7. The Labute approximate surface area is 204 Å². The molecule has 0 bridgehead atoms. The Morgan fingerprint density at radius 1 is 1.12 bits per heavy atom. The lowest BCUT2D eigenvalue weighted by molar-refractivity contribution is -0.118. The maximum atomic E-state index is 12.9. The molecular weight excluding hydrogens is 454 g/mol. The van der Waals surface area contributed by atoms with E-state index in [2.05, 4.69) is 21.3 Å². The van der Waals surface area contributed by atoms with Crippen molar-refractivity contribution in [1.29, 1.82) is 0 Å². The predicted octanol–water partition coefficient (Wildman–Crippen LogP) is 3.58. The zero-order valence-corrected chi connectivity index (χ0v) is 20.1. The summed E-state index contributed by atoms with van der Waals surface area (Å²) in [5, 5.41) is 16.0. The number of aliphatic hydroxyl groups is 1. The second kappa shape index (κ2) is 9.03. The molecule has 2 aromatic rings. The van der Waals surface area contributed by atoms with Gasteiger partial charge in [-0.2, -0.15) is 0 Å². The monoisotopic (exact) mass is 485 g/mol. The number of likely N-dealkylation sites (tertiary alicyclic amines) is 1. The molecule has 4 aliphatic rings. The quantitative estimate of drug-likeness (QED) is 0.688. The molecule has 4 fully saturated rings. The summed E-state index contributed by atoms with van der Waals surface area (Å²) >= 11 is 6.70. The van der Waals surface area contributed by atoms with E-state index in [1.165, 1.54) is 0 Å². The smallest absolute Gasteiger partial charge is 0.229 e. The van der Waals surface area contributed by atoms with Crippen LogP contribution in [0.25, 0.3) is 10.8 Å². The average Bonchev–Trinajstić information content (AvgIpc) is 3.36. The molecule has 3 aliphatic heterocycles. The molecule has 1 aromatic heterocycles. The first-order chi connectivity index (χ1) is 16.5. The van der Waals surface area contributed by atoms with Crippen molar-refractivity contribution in [2.45, 2.75) is 50.2 Å². The highest BCUT2D eigenvalue weighted by Gasteiger charge is 2.58. The highest BCUT2D eigenvalue weighted by atomic mass is 35.5. The van der Waals surface area contributed by atoms with Crippen LogP contribution < -0.4 is 5.32 Å². The Kier molecular flexibility index (Phi) is 6.02. The molecule has 1 aromatic carbocycles. The maximum Gasteiger partial charge on any atom is 0.229 e. The average molecular weight is 486 g/mol. The van der Waals surface area contributed by atoms with Crippen LogP contribution in [0.1, 0.15) is 43.6 Å². The van der Waals surface area contributed by atoms with Crippen LogP contribution in [-0.4, -0.2) is 72.6 Å². The number of rotatable bonds is 4. The lowest BCUT2D eigenvalue weighted by atomic mass is 9.87. The number of ether oxygens (including phenoxy) is 2. The van der Waals surface area contributed by atoms with Gasteiger partial charge in [0.25, 0.3) is 0 Å². The molecule has 1 aliphatic carbocycles. The minimum atomic E-state index is -0.390. The van der Waals surface area contributed by atoms with E-state index in [0.29, 0.717) is 24.9 Å². The van der Waals surface area contributed by atoms with Crippen molar-refractivity contribution in [3.63, 3.8) is 0 Å². The van der Waals surface area contributed by atoms with Crippen LogP contribution in [-0.2, 0) is 14.3 Å². The molecule has 3 unspecified atom stereocenters. The minimum absolute atomic E-state index is 0.0728. The number of benzene rings is 1. The van der Waals surface area contributed by atoms with Crippen molar-refractivity contribution < 1.29 is 19.4 Å². The van der Waals surface area contributed by atoms with E-state index in [9.17, 15) is 9.90 Å². The molecule has 34 heavy (non-hydrogen) atoms. The van der Waals surface area contributed by atoms with Gasteiger partial charge in [-0.25, -0.2) is 4.98 Å². The summed E-state index contributed by atoms with van der Waals surface area (Å²) in [5.41, 5.74) is 1.30. The molecule has 4 heterocycles. The third-order valence-corrected chi connectivity index (χ3v) is 8.87. The number of nitrogens with zero attached hydrogens (tertiary/aromatic N) is 2. The van der Waals surface area contributed by atoms with Crippen molar-refractivity contribution >= 4 is 34.1 Å². The van der Waals surface area contributed by atoms with Gasteiger partial charge in [0.15, 0.2) is 0 Å². The van der Waals surface area contributed by atoms with Gasteiger partial charge in [-0.3, -0.25) is 9.69 Å². The number of aromatic nitrogens is 1. The summed E-state index contributed by atoms with van der Waals surface area (Å²) in [5.74, 6) is 1.13. The van der Waals surface area contributed by atoms with Crippen LogP contribution in [0.3, 0.4) is 0 Å². The van der Waals surface area contributed by atoms with Gasteiger partial charge < -0.3 is 19.9 Å². The molecule has 1 amide bonds. The lowest BCUT2D eigenvalue weighted by Crippen LogP contribution is -2.46. The molecule has 182 valence electrons. The number of halogens is 1. The van der Waals surface area contributed by atoms with Crippen LogP contribution >= 0.6 is 11.6 Å². The first-order valence-electron chi connectivity index (χ1n) is 12.5. The number of hydrogen-bond donors (Lipinski definition) is 2. The summed E-state index contributed by atoms with van der Waals surface area (Å²) < 4.78 is 10.9. The summed E-state index contributed by atoms with van der Waals surface area (Å²) in [7, 11) is 0. The van der Waals surface area contributed by atoms with Crippen molar-refractivity contribution in [3.05, 3.63) is 35.0 Å². The summed E-state index contributed by atoms with van der Waals surface area (Å²) in [6, 6.07) is 6.23. The third-order valence-electron chi connectivity index (χ3n) is 8.54. The first-order valence-corrected chi connectivity index (χ1v) is 12.9. The second-order valence-electron chi connectivity index (χ2n) is 10.5. The first kappa shape index (κ1) is 22.7. The molecule has 0 radical (unpaired) electrons. The van der Waals surface area contributed by atoms with E-state index in [0.717, 1.165) is 79.8 Å². The van der Waals surface area contributed by atoms with Crippen LogP contribution in [0.2, 0.25) is 5.02 Å². The van der Waals surface area contributed by atoms with E-state index < -0.39 is 0 Å². The standard InChI is InChI=1S/C26H32ClN3O4/c27-21-10-18-13-28-24(29-25(32)20-12-26(20)3-7-33-8-4-26)11-17(18)9-19(21)16-1-5-30(6-2-16)22-14-34-15-23(22)31/h9-11,13,16,20,22-23,31H,1-8,12,14-15H2,(H,28,29,32). The fourth-order valence-electron chi connectivity index (χ4n) is 6.25. The number of hydrogen-bond acceptors (Lipinski definition) is 6. The van der Waals surface area contributed by atoms with Crippen LogP contribution in [0.15, 0.2) is 24.4 Å². The number of carbonyl (C=O) groups excluding carboxylic acids is 1. The Balaban J connectivity index is 1.15. The zero-order valence-electron chi connectivity index (χ0n) is 19.3. The maximum absolute atomic E-state index is 12.9. The molecule has 6 rings (SSSR count). The molecule has 7 nitrogen and oxygen atoms in total. The van der Waals surface area contributed by atoms with E-state index in [4.69, 9.17) is 21.1 Å². The summed E-state index contributed by atoms with van der Waals surface area (Å²) in [6.45, 7) is 4.42. The van der Waals surface area contributed by atoms with Gasteiger partial charge in [-0.1, -0.05) is 11.6 Å². The van der Waals surface area contributed by atoms with Gasteiger partial charge >= 0.3 is 0 Å². The van der Waals surface area contributed by atoms with Crippen LogP contribution in [0.4, 0.5) is 5.82 Å². The van der Waals surface area contributed by atoms with Crippen molar-refractivity contribution in [3.8, 4) is 0 Å². The molecule has 8 heteroatoms. The van der Waals surface area contributed by atoms with Gasteiger partial charge in [0, 0.05) is 35.7 Å². The van der Waals surface area contributed by atoms with Gasteiger partial charge in [-0.15, -0.1) is 0 Å². The fraction of sp³-hybridized carbons (Fsp3) is 0.615. The van der Waals surface area contributed by atoms with E-state index >= 15 is 0 Å².